The number of hydrogen-bond acceptors (Lipinski definition) is 5. The molecule has 4 rings (SSSR count). The van der Waals surface area contributed by atoms with E-state index in [0.717, 1.165) is 5.56 Å². The molecule has 1 N–H and O–H groups in total. The average Bonchev–Trinajstić information content (AvgIpc) is 3.15. The Kier molecular flexibility index (Phi) is 8.06. The highest BCUT2D eigenvalue weighted by Gasteiger charge is 2.24. The van der Waals surface area contributed by atoms with Gasteiger partial charge in [0.2, 0.25) is 0 Å². The van der Waals surface area contributed by atoms with Crippen molar-refractivity contribution in [3.8, 4) is 11.5 Å². The Labute approximate surface area is 216 Å². The Bertz CT molecular complexity index is 1260. The van der Waals surface area contributed by atoms with Gasteiger partial charge in [0.15, 0.2) is 16.7 Å². The molecule has 0 saturated carbocycles. The number of nitrogens with one attached hydrogen (secondary N) is 1. The predicted molar refractivity (Wildman–Crippen MR) is 141 cm³/mol. The number of rotatable bonds is 7. The number of nitrogens with zero attached hydrogens (tertiary/aromatic N) is 1. The largest absolute Gasteiger partial charge is 0.490 e. The van der Waals surface area contributed by atoms with E-state index in [4.69, 9.17) is 44.3 Å². The summed E-state index contributed by atoms with van der Waals surface area (Å²) in [5.74, 6) is 0.886. The van der Waals surface area contributed by atoms with Gasteiger partial charge in [-0.1, -0.05) is 46.9 Å². The second-order valence-electron chi connectivity index (χ2n) is 7.09. The van der Waals surface area contributed by atoms with Crippen molar-refractivity contribution in [1.29, 1.82) is 0 Å². The standard InChI is InChI=1S/C25H19Cl3N2O3S/c1-2-32-22-12-15(6-11-21(22)33-14-18-19(27)4-3-5-20(18)28)13-23-24(31)30-25(34-23)29-17-9-7-16(26)8-10-17/h3-13H,2,14H2,1H3,(H,29,30,31)/b23-13-. The van der Waals surface area contributed by atoms with Crippen molar-refractivity contribution in [3.05, 3.63) is 91.8 Å². The SMILES string of the molecule is CCOc1cc(/C=C2\SC(=Nc3ccc(Cl)cc3)NC2=O)ccc1OCc1c(Cl)cccc1Cl. The molecule has 34 heavy (non-hydrogen) atoms. The molecule has 174 valence electrons. The van der Waals surface area contributed by atoms with Crippen LogP contribution in [0, 0.1) is 0 Å². The van der Waals surface area contributed by atoms with Crippen molar-refractivity contribution < 1.29 is 14.3 Å². The van der Waals surface area contributed by atoms with E-state index >= 15 is 0 Å². The Hall–Kier alpha value is -2.64. The van der Waals surface area contributed by atoms with Gasteiger partial charge in [0.05, 0.1) is 17.2 Å². The van der Waals surface area contributed by atoms with Gasteiger partial charge in [0.1, 0.15) is 6.61 Å². The van der Waals surface area contributed by atoms with Crippen LogP contribution in [0.1, 0.15) is 18.1 Å². The summed E-state index contributed by atoms with van der Waals surface area (Å²) in [6.07, 6.45) is 1.78. The van der Waals surface area contributed by atoms with E-state index in [-0.39, 0.29) is 12.5 Å². The molecule has 0 spiro atoms. The summed E-state index contributed by atoms with van der Waals surface area (Å²) in [6.45, 7) is 2.54. The molecule has 1 saturated heterocycles. The molecule has 9 heteroatoms. The quantitative estimate of drug-likeness (QED) is 0.319. The minimum absolute atomic E-state index is 0.196. The molecule has 0 aliphatic carbocycles. The molecule has 0 bridgehead atoms. The van der Waals surface area contributed by atoms with Crippen molar-refractivity contribution >= 4 is 69.4 Å². The normalized spacial score (nSPS) is 15.6. The molecule has 3 aromatic carbocycles. The topological polar surface area (TPSA) is 59.9 Å². The van der Waals surface area contributed by atoms with Gasteiger partial charge in [-0.25, -0.2) is 4.99 Å². The van der Waals surface area contributed by atoms with Crippen LogP contribution in [0.2, 0.25) is 15.1 Å². The lowest BCUT2D eigenvalue weighted by molar-refractivity contribution is -0.115. The molecule has 0 radical (unpaired) electrons. The number of benzene rings is 3. The molecule has 3 aromatic rings. The first-order valence-electron chi connectivity index (χ1n) is 10.3. The van der Waals surface area contributed by atoms with Crippen LogP contribution in [0.4, 0.5) is 5.69 Å². The molecule has 0 atom stereocenters. The van der Waals surface area contributed by atoms with Gasteiger partial charge in [0, 0.05) is 20.6 Å². The maximum absolute atomic E-state index is 12.5. The van der Waals surface area contributed by atoms with Gasteiger partial charge in [-0.2, -0.15) is 0 Å². The van der Waals surface area contributed by atoms with Crippen molar-refractivity contribution in [3.63, 3.8) is 0 Å². The second-order valence-corrected chi connectivity index (χ2v) is 9.37. The van der Waals surface area contributed by atoms with E-state index < -0.39 is 0 Å². The van der Waals surface area contributed by atoms with Crippen LogP contribution in [0.15, 0.2) is 70.6 Å². The van der Waals surface area contributed by atoms with Crippen LogP contribution in [-0.2, 0) is 11.4 Å². The number of carbonyl (C=O) groups excluding carboxylic acids is 1. The van der Waals surface area contributed by atoms with Gasteiger partial charge in [-0.3, -0.25) is 4.79 Å². The van der Waals surface area contributed by atoms with E-state index in [1.54, 1.807) is 54.6 Å². The number of aliphatic imine (C=N–C) groups is 1. The van der Waals surface area contributed by atoms with Gasteiger partial charge in [0.25, 0.3) is 5.91 Å². The Morgan fingerprint density at radius 3 is 2.41 bits per heavy atom. The van der Waals surface area contributed by atoms with Crippen LogP contribution in [0.3, 0.4) is 0 Å². The Morgan fingerprint density at radius 1 is 0.971 bits per heavy atom. The first-order valence-corrected chi connectivity index (χ1v) is 12.3. The number of amides is 1. The zero-order valence-electron chi connectivity index (χ0n) is 18.0. The van der Waals surface area contributed by atoms with Gasteiger partial charge >= 0.3 is 0 Å². The molecule has 1 fully saturated rings. The highest BCUT2D eigenvalue weighted by Crippen LogP contribution is 2.34. The summed E-state index contributed by atoms with van der Waals surface area (Å²) in [5, 5.41) is 4.97. The molecule has 0 unspecified atom stereocenters. The third-order valence-electron chi connectivity index (χ3n) is 4.71. The predicted octanol–water partition coefficient (Wildman–Crippen LogP) is 7.52. The Balaban J connectivity index is 1.52. The van der Waals surface area contributed by atoms with Crippen molar-refractivity contribution in [2.45, 2.75) is 13.5 Å². The fraction of sp³-hybridized carbons (Fsp3) is 0.120. The van der Waals surface area contributed by atoms with E-state index in [1.807, 2.05) is 19.1 Å². The second kappa shape index (κ2) is 11.2. The summed E-state index contributed by atoms with van der Waals surface area (Å²) >= 11 is 19.7. The van der Waals surface area contributed by atoms with Crippen LogP contribution >= 0.6 is 46.6 Å². The smallest absolute Gasteiger partial charge is 0.264 e. The highest BCUT2D eigenvalue weighted by molar-refractivity contribution is 8.18. The molecular weight excluding hydrogens is 515 g/mol. The minimum Gasteiger partial charge on any atom is -0.490 e. The summed E-state index contributed by atoms with van der Waals surface area (Å²) in [7, 11) is 0. The first kappa shape index (κ1) is 24.5. The van der Waals surface area contributed by atoms with E-state index in [0.29, 0.717) is 54.5 Å². The lowest BCUT2D eigenvalue weighted by atomic mass is 10.2. The lowest BCUT2D eigenvalue weighted by Gasteiger charge is -2.14. The van der Waals surface area contributed by atoms with Crippen LogP contribution in [-0.4, -0.2) is 17.7 Å². The van der Waals surface area contributed by atoms with E-state index in [9.17, 15) is 4.79 Å². The van der Waals surface area contributed by atoms with Crippen molar-refractivity contribution in [2.75, 3.05) is 6.61 Å². The first-order chi connectivity index (χ1) is 16.4. The zero-order valence-corrected chi connectivity index (χ0v) is 21.1. The summed E-state index contributed by atoms with van der Waals surface area (Å²) in [5.41, 5.74) is 2.19. The number of hydrogen-bond donors (Lipinski definition) is 1. The van der Waals surface area contributed by atoms with E-state index in [2.05, 4.69) is 10.3 Å². The van der Waals surface area contributed by atoms with E-state index in [1.165, 1.54) is 11.8 Å². The molecule has 1 aliphatic rings. The summed E-state index contributed by atoms with van der Waals surface area (Å²) in [4.78, 5) is 17.4. The Morgan fingerprint density at radius 2 is 1.71 bits per heavy atom. The average molecular weight is 534 g/mol. The third-order valence-corrected chi connectivity index (χ3v) is 6.58. The van der Waals surface area contributed by atoms with Gasteiger partial charge < -0.3 is 14.8 Å². The third kappa shape index (κ3) is 6.07. The minimum atomic E-state index is -0.218. The van der Waals surface area contributed by atoms with Gasteiger partial charge in [-0.15, -0.1) is 0 Å². The highest BCUT2D eigenvalue weighted by atomic mass is 35.5. The summed E-state index contributed by atoms with van der Waals surface area (Å²) < 4.78 is 11.7. The lowest BCUT2D eigenvalue weighted by Crippen LogP contribution is -2.19. The molecule has 0 aromatic heterocycles. The monoisotopic (exact) mass is 532 g/mol. The number of carbonyl (C=O) groups is 1. The zero-order chi connectivity index (χ0) is 24.1. The number of thioether (sulfide) groups is 1. The molecule has 5 nitrogen and oxygen atoms in total. The molecule has 1 amide bonds. The summed E-state index contributed by atoms with van der Waals surface area (Å²) in [6, 6.07) is 17.8. The molecule has 1 aliphatic heterocycles. The van der Waals surface area contributed by atoms with Crippen LogP contribution in [0.25, 0.3) is 6.08 Å². The van der Waals surface area contributed by atoms with Crippen molar-refractivity contribution in [1.82, 2.24) is 5.32 Å². The number of ether oxygens (including phenoxy) is 2. The van der Waals surface area contributed by atoms with Crippen LogP contribution in [0.5, 0.6) is 11.5 Å². The maximum atomic E-state index is 12.5. The fourth-order valence-electron chi connectivity index (χ4n) is 3.09. The molecule has 1 heterocycles. The number of halogens is 3. The van der Waals surface area contributed by atoms with Crippen molar-refractivity contribution in [2.24, 2.45) is 4.99 Å². The van der Waals surface area contributed by atoms with Crippen LogP contribution < -0.4 is 14.8 Å². The maximum Gasteiger partial charge on any atom is 0.264 e. The van der Waals surface area contributed by atoms with Gasteiger partial charge in [-0.05, 0) is 78.9 Å². The number of amidine groups is 1. The molecular formula is C25H19Cl3N2O3S. The fourth-order valence-corrected chi connectivity index (χ4v) is 4.56.